The van der Waals surface area contributed by atoms with Crippen LogP contribution in [0.3, 0.4) is 0 Å². The number of nitrogens with zero attached hydrogens (tertiary/aromatic N) is 1. The van der Waals surface area contributed by atoms with Crippen molar-refractivity contribution in [2.75, 3.05) is 13.2 Å². The quantitative estimate of drug-likeness (QED) is 0.764. The van der Waals surface area contributed by atoms with Crippen molar-refractivity contribution in [2.24, 2.45) is 0 Å². The Kier molecular flexibility index (Phi) is 5.31. The van der Waals surface area contributed by atoms with Crippen molar-refractivity contribution in [1.82, 2.24) is 4.90 Å². The Bertz CT molecular complexity index is 721. The van der Waals surface area contributed by atoms with E-state index in [-0.39, 0.29) is 6.10 Å². The zero-order chi connectivity index (χ0) is 18.1. The predicted molar refractivity (Wildman–Crippen MR) is 105 cm³/mol. The predicted octanol–water partition coefficient (Wildman–Crippen LogP) is 5.19. The van der Waals surface area contributed by atoms with Crippen molar-refractivity contribution in [1.29, 1.82) is 0 Å². The van der Waals surface area contributed by atoms with Crippen molar-refractivity contribution < 1.29 is 4.74 Å². The molecule has 1 heterocycles. The van der Waals surface area contributed by atoms with Gasteiger partial charge in [0.1, 0.15) is 0 Å². The molecule has 0 aliphatic carbocycles. The van der Waals surface area contributed by atoms with E-state index in [1.54, 1.807) is 0 Å². The lowest BCUT2D eigenvalue weighted by molar-refractivity contribution is -0.0703. The van der Waals surface area contributed by atoms with Gasteiger partial charge < -0.3 is 4.74 Å². The van der Waals surface area contributed by atoms with Gasteiger partial charge in [0, 0.05) is 19.1 Å². The van der Waals surface area contributed by atoms with E-state index in [1.807, 2.05) is 0 Å². The fourth-order valence-corrected chi connectivity index (χ4v) is 4.09. The van der Waals surface area contributed by atoms with Crippen molar-refractivity contribution >= 4 is 0 Å². The number of hydrogen-bond donors (Lipinski definition) is 0. The molecule has 1 aliphatic heterocycles. The smallest absolute Gasteiger partial charge is 0.0978 e. The Morgan fingerprint density at radius 3 is 2.04 bits per heavy atom. The summed E-state index contributed by atoms with van der Waals surface area (Å²) in [5, 5.41) is 0. The van der Waals surface area contributed by atoms with E-state index in [2.05, 4.69) is 76.8 Å². The molecule has 3 rings (SSSR count). The van der Waals surface area contributed by atoms with Crippen LogP contribution in [-0.2, 0) is 11.3 Å². The monoisotopic (exact) mass is 337 g/mol. The fourth-order valence-electron chi connectivity index (χ4n) is 4.09. The highest BCUT2D eigenvalue weighted by molar-refractivity contribution is 5.49. The van der Waals surface area contributed by atoms with E-state index in [0.717, 1.165) is 19.7 Å². The summed E-state index contributed by atoms with van der Waals surface area (Å²) in [5.74, 6) is 0. The maximum atomic E-state index is 6.13. The van der Waals surface area contributed by atoms with Crippen LogP contribution in [0.4, 0.5) is 0 Å². The lowest BCUT2D eigenvalue weighted by atomic mass is 9.89. The summed E-state index contributed by atoms with van der Waals surface area (Å²) in [5.41, 5.74) is 10.0. The number of rotatable bonds is 3. The summed E-state index contributed by atoms with van der Waals surface area (Å²) >= 11 is 0. The van der Waals surface area contributed by atoms with E-state index >= 15 is 0 Å². The van der Waals surface area contributed by atoms with Gasteiger partial charge in [0.25, 0.3) is 0 Å². The summed E-state index contributed by atoms with van der Waals surface area (Å²) in [6.45, 7) is 16.4. The Balaban J connectivity index is 1.88. The molecule has 0 unspecified atom stereocenters. The molecule has 134 valence electrons. The second-order valence-electron chi connectivity index (χ2n) is 7.52. The number of benzene rings is 2. The van der Waals surface area contributed by atoms with E-state index in [4.69, 9.17) is 4.74 Å². The average Bonchev–Trinajstić information content (AvgIpc) is 2.64. The van der Waals surface area contributed by atoms with Crippen molar-refractivity contribution in [2.45, 2.75) is 60.2 Å². The maximum absolute atomic E-state index is 6.13. The molecule has 2 nitrogen and oxygen atoms in total. The minimum Gasteiger partial charge on any atom is -0.371 e. The number of morpholine rings is 1. The zero-order valence-corrected chi connectivity index (χ0v) is 16.5. The Morgan fingerprint density at radius 2 is 1.44 bits per heavy atom. The van der Waals surface area contributed by atoms with Gasteiger partial charge in [-0.2, -0.15) is 0 Å². The highest BCUT2D eigenvalue weighted by Crippen LogP contribution is 2.32. The van der Waals surface area contributed by atoms with Crippen LogP contribution >= 0.6 is 0 Å². The van der Waals surface area contributed by atoms with Crippen LogP contribution in [-0.4, -0.2) is 24.1 Å². The molecule has 2 heteroatoms. The summed E-state index contributed by atoms with van der Waals surface area (Å²) in [6.07, 6.45) is 0.156. The van der Waals surface area contributed by atoms with Gasteiger partial charge in [-0.15, -0.1) is 0 Å². The molecule has 0 bridgehead atoms. The van der Waals surface area contributed by atoms with E-state index in [0.29, 0.717) is 6.04 Å². The summed E-state index contributed by atoms with van der Waals surface area (Å²) in [4.78, 5) is 2.59. The first kappa shape index (κ1) is 18.2. The van der Waals surface area contributed by atoms with Gasteiger partial charge in [0.15, 0.2) is 0 Å². The van der Waals surface area contributed by atoms with Crippen LogP contribution in [0.25, 0.3) is 0 Å². The van der Waals surface area contributed by atoms with E-state index in [1.165, 1.54) is 38.9 Å². The fraction of sp³-hybridized carbons (Fsp3) is 0.478. The van der Waals surface area contributed by atoms with Crippen LogP contribution in [0.15, 0.2) is 30.3 Å². The molecule has 1 aliphatic rings. The third kappa shape index (κ3) is 3.38. The van der Waals surface area contributed by atoms with Gasteiger partial charge in [-0.05, 0) is 80.5 Å². The van der Waals surface area contributed by atoms with Crippen molar-refractivity contribution in [3.8, 4) is 0 Å². The van der Waals surface area contributed by atoms with Crippen LogP contribution in [0, 0.1) is 34.6 Å². The number of ether oxygens (including phenoxy) is 1. The first-order chi connectivity index (χ1) is 11.9. The summed E-state index contributed by atoms with van der Waals surface area (Å²) in [7, 11) is 0. The molecular formula is C23H31NO. The SMILES string of the molecule is Cc1c(C)c(C)c(CN2CCO[C@@H](c3ccccc3)[C@@H]2C)c(C)c1C. The van der Waals surface area contributed by atoms with E-state index < -0.39 is 0 Å². The summed E-state index contributed by atoms with van der Waals surface area (Å²) in [6, 6.07) is 11.0. The van der Waals surface area contributed by atoms with Gasteiger partial charge in [-0.1, -0.05) is 30.3 Å². The van der Waals surface area contributed by atoms with Crippen molar-refractivity contribution in [3.63, 3.8) is 0 Å². The molecule has 25 heavy (non-hydrogen) atoms. The normalized spacial score (nSPS) is 21.5. The van der Waals surface area contributed by atoms with Gasteiger partial charge >= 0.3 is 0 Å². The van der Waals surface area contributed by atoms with E-state index in [9.17, 15) is 0 Å². The largest absolute Gasteiger partial charge is 0.371 e. The lowest BCUT2D eigenvalue weighted by Gasteiger charge is -2.40. The molecule has 0 saturated carbocycles. The minimum atomic E-state index is 0.156. The molecule has 0 N–H and O–H groups in total. The third-order valence-corrected chi connectivity index (χ3v) is 6.33. The average molecular weight is 338 g/mol. The van der Waals surface area contributed by atoms with Crippen LogP contribution in [0.5, 0.6) is 0 Å². The molecule has 1 saturated heterocycles. The van der Waals surface area contributed by atoms with Crippen LogP contribution in [0.1, 0.15) is 52.0 Å². The van der Waals surface area contributed by atoms with Gasteiger partial charge in [0.2, 0.25) is 0 Å². The molecule has 2 aromatic rings. The molecule has 0 spiro atoms. The standard InChI is InChI=1S/C23H31NO/c1-15-16(2)18(4)22(19(5)17(15)3)14-24-12-13-25-23(20(24)6)21-10-8-7-9-11-21/h7-11,20,23H,12-14H2,1-6H3/t20-,23+/m0/s1. The molecule has 1 fully saturated rings. The molecule has 0 amide bonds. The second-order valence-corrected chi connectivity index (χ2v) is 7.52. The Hall–Kier alpha value is -1.64. The lowest BCUT2D eigenvalue weighted by Crippen LogP contribution is -2.45. The van der Waals surface area contributed by atoms with Crippen molar-refractivity contribution in [3.05, 3.63) is 69.3 Å². The van der Waals surface area contributed by atoms with Gasteiger partial charge in [0.05, 0.1) is 12.7 Å². The third-order valence-electron chi connectivity index (χ3n) is 6.33. The van der Waals surface area contributed by atoms with Gasteiger partial charge in [-0.25, -0.2) is 0 Å². The highest BCUT2D eigenvalue weighted by atomic mass is 16.5. The second kappa shape index (κ2) is 7.31. The Morgan fingerprint density at radius 1 is 0.880 bits per heavy atom. The Labute approximate surface area is 152 Å². The first-order valence-corrected chi connectivity index (χ1v) is 9.38. The first-order valence-electron chi connectivity index (χ1n) is 9.38. The molecule has 0 radical (unpaired) electrons. The number of hydrogen-bond acceptors (Lipinski definition) is 2. The zero-order valence-electron chi connectivity index (χ0n) is 16.5. The van der Waals surface area contributed by atoms with Crippen LogP contribution < -0.4 is 0 Å². The van der Waals surface area contributed by atoms with Gasteiger partial charge in [-0.3, -0.25) is 4.90 Å². The molecule has 2 atom stereocenters. The summed E-state index contributed by atoms with van der Waals surface area (Å²) < 4.78 is 6.13. The molecular weight excluding hydrogens is 306 g/mol. The maximum Gasteiger partial charge on any atom is 0.0978 e. The topological polar surface area (TPSA) is 12.5 Å². The highest BCUT2D eigenvalue weighted by Gasteiger charge is 2.30. The minimum absolute atomic E-state index is 0.156. The van der Waals surface area contributed by atoms with Crippen LogP contribution in [0.2, 0.25) is 0 Å². The molecule has 2 aromatic carbocycles. The molecule has 0 aromatic heterocycles.